The number of benzene rings is 2. The van der Waals surface area contributed by atoms with Crippen LogP contribution in [0.25, 0.3) is 0 Å². The van der Waals surface area contributed by atoms with Gasteiger partial charge >= 0.3 is 0 Å². The van der Waals surface area contributed by atoms with Crippen LogP contribution in [0, 0.1) is 0 Å². The molecule has 1 unspecified atom stereocenters. The second kappa shape index (κ2) is 14.5. The number of carbonyl (C=O) groups is 2. The van der Waals surface area contributed by atoms with Gasteiger partial charge in [0.25, 0.3) is 11.8 Å². The maximum absolute atomic E-state index is 13.1. The number of rotatable bonds is 14. The molecule has 2 rings (SSSR count). The zero-order valence-electron chi connectivity index (χ0n) is 20.5. The molecular weight excluding hydrogens is 430 g/mol. The molecule has 0 saturated carbocycles. The van der Waals surface area contributed by atoms with Crippen molar-refractivity contribution in [3.8, 4) is 0 Å². The maximum atomic E-state index is 13.1. The first-order valence-electron chi connectivity index (χ1n) is 12.2. The summed E-state index contributed by atoms with van der Waals surface area (Å²) >= 11 is 0. The van der Waals surface area contributed by atoms with E-state index >= 15 is 0 Å². The Morgan fingerprint density at radius 1 is 0.912 bits per heavy atom. The number of aliphatic hydroxyl groups is 2. The van der Waals surface area contributed by atoms with Crippen LogP contribution >= 0.6 is 0 Å². The van der Waals surface area contributed by atoms with E-state index in [-0.39, 0.29) is 18.4 Å². The summed E-state index contributed by atoms with van der Waals surface area (Å²) in [6, 6.07) is 15.8. The highest BCUT2D eigenvalue weighted by Gasteiger charge is 2.23. The Labute approximate surface area is 203 Å². The van der Waals surface area contributed by atoms with Crippen LogP contribution < -0.4 is 10.6 Å². The summed E-state index contributed by atoms with van der Waals surface area (Å²) in [6.07, 6.45) is 0.790. The average molecular weight is 470 g/mol. The third-order valence-corrected chi connectivity index (χ3v) is 5.52. The van der Waals surface area contributed by atoms with Crippen molar-refractivity contribution < 1.29 is 19.8 Å². The Kier molecular flexibility index (Phi) is 11.7. The molecule has 0 aliphatic carbocycles. The van der Waals surface area contributed by atoms with Gasteiger partial charge in [0, 0.05) is 37.3 Å². The fraction of sp³-hybridized carbons (Fsp3) is 0.481. The molecule has 3 atom stereocenters. The van der Waals surface area contributed by atoms with Gasteiger partial charge in [-0.25, -0.2) is 0 Å². The standard InChI is InChI=1S/C27H39N3O4/c1-4-14-30(15-5-2)27(34)23-13-9-12-22(17-23)26(33)29-24(16-21-10-7-6-8-11-21)25(32)19-28-18-20(3)31/h6-13,17,20,24-25,28,31-32H,4-5,14-16,18-19H2,1-3H3,(H,29,33)/t20?,24-,25+/m0/s1. The van der Waals surface area contributed by atoms with E-state index in [0.717, 1.165) is 18.4 Å². The smallest absolute Gasteiger partial charge is 0.253 e. The predicted molar refractivity (Wildman–Crippen MR) is 135 cm³/mol. The van der Waals surface area contributed by atoms with Crippen LogP contribution in [0.15, 0.2) is 54.6 Å². The zero-order chi connectivity index (χ0) is 24.9. The summed E-state index contributed by atoms with van der Waals surface area (Å²) in [7, 11) is 0. The van der Waals surface area contributed by atoms with Gasteiger partial charge in [0.05, 0.1) is 18.2 Å². The van der Waals surface area contributed by atoms with Crippen molar-refractivity contribution in [2.24, 2.45) is 0 Å². The van der Waals surface area contributed by atoms with Crippen molar-refractivity contribution in [2.75, 3.05) is 26.2 Å². The molecule has 7 nitrogen and oxygen atoms in total. The van der Waals surface area contributed by atoms with Crippen molar-refractivity contribution in [1.82, 2.24) is 15.5 Å². The van der Waals surface area contributed by atoms with E-state index in [9.17, 15) is 19.8 Å². The third kappa shape index (κ3) is 8.89. The highest BCUT2D eigenvalue weighted by atomic mass is 16.3. The van der Waals surface area contributed by atoms with Gasteiger partial charge in [0.2, 0.25) is 0 Å². The van der Waals surface area contributed by atoms with E-state index in [1.54, 1.807) is 31.2 Å². The van der Waals surface area contributed by atoms with Crippen LogP contribution in [-0.2, 0) is 6.42 Å². The minimum Gasteiger partial charge on any atom is -0.392 e. The first-order valence-corrected chi connectivity index (χ1v) is 12.2. The molecule has 7 heteroatoms. The van der Waals surface area contributed by atoms with Crippen molar-refractivity contribution in [1.29, 1.82) is 0 Å². The molecule has 2 amide bonds. The Morgan fingerprint density at radius 2 is 1.56 bits per heavy atom. The molecule has 0 spiro atoms. The number of aliphatic hydroxyl groups excluding tert-OH is 2. The lowest BCUT2D eigenvalue weighted by molar-refractivity contribution is 0.0755. The number of amides is 2. The van der Waals surface area contributed by atoms with Gasteiger partial charge in [-0.15, -0.1) is 0 Å². The molecule has 4 N–H and O–H groups in total. The van der Waals surface area contributed by atoms with Crippen LogP contribution in [0.2, 0.25) is 0 Å². The second-order valence-corrected chi connectivity index (χ2v) is 8.72. The summed E-state index contributed by atoms with van der Waals surface area (Å²) in [5.41, 5.74) is 1.84. The van der Waals surface area contributed by atoms with Crippen LogP contribution in [0.4, 0.5) is 0 Å². The van der Waals surface area contributed by atoms with Crippen molar-refractivity contribution in [3.05, 3.63) is 71.3 Å². The average Bonchev–Trinajstić information content (AvgIpc) is 2.83. The van der Waals surface area contributed by atoms with Crippen molar-refractivity contribution in [3.63, 3.8) is 0 Å². The lowest BCUT2D eigenvalue weighted by Gasteiger charge is -2.25. The number of hydrogen-bond acceptors (Lipinski definition) is 5. The fourth-order valence-electron chi connectivity index (χ4n) is 3.82. The second-order valence-electron chi connectivity index (χ2n) is 8.72. The Hall–Kier alpha value is -2.74. The van der Waals surface area contributed by atoms with E-state index in [1.807, 2.05) is 49.1 Å². The molecule has 2 aromatic carbocycles. The molecule has 0 fully saturated rings. The number of nitrogens with zero attached hydrogens (tertiary/aromatic N) is 1. The minimum absolute atomic E-state index is 0.0819. The summed E-state index contributed by atoms with van der Waals surface area (Å²) in [6.45, 7) is 7.66. The molecule has 0 aromatic heterocycles. The van der Waals surface area contributed by atoms with Gasteiger partial charge in [0.15, 0.2) is 0 Å². The highest BCUT2D eigenvalue weighted by molar-refractivity contribution is 5.99. The molecule has 34 heavy (non-hydrogen) atoms. The van der Waals surface area contributed by atoms with Gasteiger partial charge in [-0.3, -0.25) is 9.59 Å². The van der Waals surface area contributed by atoms with E-state index in [4.69, 9.17) is 0 Å². The Balaban J connectivity index is 2.16. The van der Waals surface area contributed by atoms with Gasteiger partial charge in [-0.1, -0.05) is 50.2 Å². The molecule has 0 aliphatic heterocycles. The lowest BCUT2D eigenvalue weighted by atomic mass is 10.00. The molecule has 0 aliphatic rings. The van der Waals surface area contributed by atoms with Crippen LogP contribution in [0.1, 0.15) is 59.9 Å². The van der Waals surface area contributed by atoms with E-state index in [0.29, 0.717) is 37.2 Å². The first-order chi connectivity index (χ1) is 16.3. The lowest BCUT2D eigenvalue weighted by Crippen LogP contribution is -2.49. The predicted octanol–water partition coefficient (Wildman–Crippen LogP) is 2.62. The number of hydrogen-bond donors (Lipinski definition) is 4. The zero-order valence-corrected chi connectivity index (χ0v) is 20.5. The van der Waals surface area contributed by atoms with Gasteiger partial charge in [-0.05, 0) is 49.9 Å². The van der Waals surface area contributed by atoms with Crippen LogP contribution in [0.5, 0.6) is 0 Å². The monoisotopic (exact) mass is 469 g/mol. The largest absolute Gasteiger partial charge is 0.392 e. The summed E-state index contributed by atoms with van der Waals surface area (Å²) < 4.78 is 0. The minimum atomic E-state index is -0.864. The Bertz CT molecular complexity index is 882. The van der Waals surface area contributed by atoms with E-state index in [1.165, 1.54) is 0 Å². The normalized spacial score (nSPS) is 13.7. The molecule has 0 bridgehead atoms. The van der Waals surface area contributed by atoms with Crippen LogP contribution in [-0.4, -0.2) is 71.4 Å². The highest BCUT2D eigenvalue weighted by Crippen LogP contribution is 2.12. The first kappa shape index (κ1) is 27.5. The Morgan fingerprint density at radius 3 is 2.18 bits per heavy atom. The maximum Gasteiger partial charge on any atom is 0.253 e. The SMILES string of the molecule is CCCN(CCC)C(=O)c1cccc(C(=O)N[C@@H](Cc2ccccc2)[C@H](O)CNCC(C)O)c1. The van der Waals surface area contributed by atoms with E-state index in [2.05, 4.69) is 10.6 Å². The van der Waals surface area contributed by atoms with Gasteiger partial charge in [-0.2, -0.15) is 0 Å². The topological polar surface area (TPSA) is 102 Å². The molecular formula is C27H39N3O4. The summed E-state index contributed by atoms with van der Waals surface area (Å²) in [4.78, 5) is 27.9. The quantitative estimate of drug-likeness (QED) is 0.341. The van der Waals surface area contributed by atoms with Gasteiger partial charge < -0.3 is 25.7 Å². The van der Waals surface area contributed by atoms with Crippen LogP contribution in [0.3, 0.4) is 0 Å². The fourth-order valence-corrected chi connectivity index (χ4v) is 3.82. The molecule has 186 valence electrons. The molecule has 0 heterocycles. The molecule has 0 radical (unpaired) electrons. The summed E-state index contributed by atoms with van der Waals surface area (Å²) in [5, 5.41) is 26.2. The number of carbonyl (C=O) groups excluding carboxylic acids is 2. The van der Waals surface area contributed by atoms with Gasteiger partial charge in [0.1, 0.15) is 0 Å². The third-order valence-electron chi connectivity index (χ3n) is 5.52. The summed E-state index contributed by atoms with van der Waals surface area (Å²) in [5.74, 6) is -0.427. The van der Waals surface area contributed by atoms with Crippen molar-refractivity contribution >= 4 is 11.8 Å². The molecule has 2 aromatic rings. The van der Waals surface area contributed by atoms with E-state index < -0.39 is 18.2 Å². The molecule has 0 saturated heterocycles. The number of nitrogens with one attached hydrogen (secondary N) is 2. The van der Waals surface area contributed by atoms with Crippen molar-refractivity contribution in [2.45, 2.75) is 58.3 Å².